The lowest BCUT2D eigenvalue weighted by atomic mass is 10.2. The number of benzene rings is 1. The fourth-order valence-corrected chi connectivity index (χ4v) is 1.50. The molecule has 0 spiro atoms. The average Bonchev–Trinajstić information content (AvgIpc) is 2.27. The van der Waals surface area contributed by atoms with Gasteiger partial charge in [-0.25, -0.2) is 13.2 Å². The van der Waals surface area contributed by atoms with E-state index in [1.807, 2.05) is 0 Å². The Bertz CT molecular complexity index is 461. The molecular weight excluding hydrogens is 234 g/mol. The third-order valence-corrected chi connectivity index (χ3v) is 2.27. The van der Waals surface area contributed by atoms with Gasteiger partial charge in [-0.1, -0.05) is 0 Å². The van der Waals surface area contributed by atoms with Gasteiger partial charge in [-0.05, 0) is 18.2 Å². The second-order valence-corrected chi connectivity index (χ2v) is 3.51. The van der Waals surface area contributed by atoms with Crippen LogP contribution in [-0.4, -0.2) is 28.6 Å². The van der Waals surface area contributed by atoms with Crippen molar-refractivity contribution >= 4 is 22.5 Å². The molecule has 16 heavy (non-hydrogen) atoms. The summed E-state index contributed by atoms with van der Waals surface area (Å²) in [4.78, 5) is 11.4. The molecule has 0 aliphatic carbocycles. The van der Waals surface area contributed by atoms with Gasteiger partial charge in [0, 0.05) is 5.69 Å². The number of anilines is 1. The highest BCUT2D eigenvalue weighted by molar-refractivity contribution is 7.73. The summed E-state index contributed by atoms with van der Waals surface area (Å²) in [5.41, 5.74) is 0.434. The van der Waals surface area contributed by atoms with E-state index in [0.29, 0.717) is 5.75 Å². The molecular formula is C9H11NO5S. The molecule has 0 radical (unpaired) electrons. The van der Waals surface area contributed by atoms with Crippen molar-refractivity contribution in [2.45, 2.75) is 0 Å². The van der Waals surface area contributed by atoms with Crippen molar-refractivity contribution in [3.8, 4) is 5.75 Å². The van der Waals surface area contributed by atoms with Crippen molar-refractivity contribution in [2.24, 2.45) is 0 Å². The minimum atomic E-state index is -2.77. The van der Waals surface area contributed by atoms with Gasteiger partial charge in [0.05, 0.1) is 14.2 Å². The maximum absolute atomic E-state index is 11.4. The lowest BCUT2D eigenvalue weighted by Gasteiger charge is -2.08. The van der Waals surface area contributed by atoms with Gasteiger partial charge in [0.2, 0.25) is 10.9 Å². The topological polar surface area (TPSA) is 81.7 Å². The van der Waals surface area contributed by atoms with Crippen LogP contribution in [0.2, 0.25) is 0 Å². The van der Waals surface area contributed by atoms with E-state index in [1.54, 1.807) is 0 Å². The Kier molecular flexibility index (Phi) is 4.12. The Morgan fingerprint density at radius 3 is 2.50 bits per heavy atom. The molecule has 1 rings (SSSR count). The number of hydrogen-bond donors (Lipinski definition) is 2. The molecule has 0 saturated carbocycles. The summed E-state index contributed by atoms with van der Waals surface area (Å²) in [6, 6.07) is 4.31. The zero-order valence-corrected chi connectivity index (χ0v) is 9.61. The molecule has 0 amide bonds. The van der Waals surface area contributed by atoms with Crippen molar-refractivity contribution in [1.29, 1.82) is 0 Å². The molecule has 1 aromatic rings. The van der Waals surface area contributed by atoms with Crippen LogP contribution in [0, 0.1) is 0 Å². The van der Waals surface area contributed by atoms with E-state index in [2.05, 4.69) is 9.46 Å². The van der Waals surface area contributed by atoms with E-state index < -0.39 is 16.9 Å². The van der Waals surface area contributed by atoms with Crippen LogP contribution >= 0.6 is 0 Å². The maximum atomic E-state index is 11.4. The molecule has 88 valence electrons. The van der Waals surface area contributed by atoms with E-state index in [9.17, 15) is 13.2 Å². The standard InChI is InChI=1S/C9H11NO5S/c1-14-8-4-3-6(10-16(12)13)5-7(8)9(11)15-2/h3-5,16H,1-2H3,(H,10,12,13). The Hall–Kier alpha value is -1.76. The van der Waals surface area contributed by atoms with Gasteiger partial charge >= 0.3 is 5.97 Å². The summed E-state index contributed by atoms with van der Waals surface area (Å²) < 4.78 is 32.6. The lowest BCUT2D eigenvalue weighted by molar-refractivity contribution is 0.0597. The first-order valence-electron chi connectivity index (χ1n) is 4.26. The number of rotatable bonds is 4. The minimum absolute atomic E-state index is 0.159. The highest BCUT2D eigenvalue weighted by atomic mass is 32.2. The molecule has 0 heterocycles. The monoisotopic (exact) mass is 245 g/mol. The van der Waals surface area contributed by atoms with Crippen LogP contribution in [-0.2, 0) is 15.6 Å². The Labute approximate surface area is 94.3 Å². The first-order chi connectivity index (χ1) is 7.58. The van der Waals surface area contributed by atoms with Gasteiger partial charge in [0.15, 0.2) is 0 Å². The Balaban J connectivity index is 3.15. The lowest BCUT2D eigenvalue weighted by Crippen LogP contribution is -2.05. The molecule has 0 atom stereocenters. The molecule has 0 unspecified atom stereocenters. The summed E-state index contributed by atoms with van der Waals surface area (Å²) in [7, 11) is -0.132. The van der Waals surface area contributed by atoms with Crippen LogP contribution in [0.4, 0.5) is 5.69 Å². The number of carbonyl (C=O) groups is 1. The summed E-state index contributed by atoms with van der Waals surface area (Å²) in [5, 5.41) is 0. The van der Waals surface area contributed by atoms with E-state index in [1.165, 1.54) is 32.4 Å². The van der Waals surface area contributed by atoms with E-state index in [4.69, 9.17) is 4.74 Å². The molecule has 0 aliphatic heterocycles. The number of methoxy groups -OCH3 is 2. The molecule has 0 aliphatic rings. The number of ether oxygens (including phenoxy) is 2. The Morgan fingerprint density at radius 1 is 1.31 bits per heavy atom. The largest absolute Gasteiger partial charge is 0.496 e. The molecule has 6 nitrogen and oxygen atoms in total. The maximum Gasteiger partial charge on any atom is 0.341 e. The first kappa shape index (κ1) is 12.3. The smallest absolute Gasteiger partial charge is 0.341 e. The number of carbonyl (C=O) groups excluding carboxylic acids is 1. The van der Waals surface area contributed by atoms with Crippen molar-refractivity contribution in [3.63, 3.8) is 0 Å². The third-order valence-electron chi connectivity index (χ3n) is 1.83. The molecule has 0 bridgehead atoms. The summed E-state index contributed by atoms with van der Waals surface area (Å²) in [6.45, 7) is 0. The first-order valence-corrected chi connectivity index (χ1v) is 5.43. The van der Waals surface area contributed by atoms with Gasteiger partial charge in [0.25, 0.3) is 0 Å². The van der Waals surface area contributed by atoms with Crippen LogP contribution in [0.3, 0.4) is 0 Å². The summed E-state index contributed by atoms with van der Waals surface area (Å²) in [6.07, 6.45) is 0. The van der Waals surface area contributed by atoms with Gasteiger partial charge < -0.3 is 9.47 Å². The van der Waals surface area contributed by atoms with Gasteiger partial charge in [0.1, 0.15) is 11.3 Å². The predicted molar refractivity (Wildman–Crippen MR) is 58.3 cm³/mol. The molecule has 1 N–H and O–H groups in total. The quantitative estimate of drug-likeness (QED) is 0.593. The second kappa shape index (κ2) is 5.36. The number of esters is 1. The van der Waals surface area contributed by atoms with E-state index in [-0.39, 0.29) is 11.3 Å². The van der Waals surface area contributed by atoms with Gasteiger partial charge in [-0.2, -0.15) is 0 Å². The zero-order valence-electron chi connectivity index (χ0n) is 8.72. The van der Waals surface area contributed by atoms with Crippen LogP contribution in [0.1, 0.15) is 10.4 Å². The van der Waals surface area contributed by atoms with Crippen LogP contribution < -0.4 is 9.46 Å². The van der Waals surface area contributed by atoms with Crippen LogP contribution in [0.15, 0.2) is 18.2 Å². The summed E-state index contributed by atoms with van der Waals surface area (Å²) >= 11 is 0. The highest BCUT2D eigenvalue weighted by Crippen LogP contribution is 2.23. The van der Waals surface area contributed by atoms with Crippen LogP contribution in [0.25, 0.3) is 0 Å². The second-order valence-electron chi connectivity index (χ2n) is 2.78. The minimum Gasteiger partial charge on any atom is -0.496 e. The van der Waals surface area contributed by atoms with E-state index >= 15 is 0 Å². The number of hydrogen-bond acceptors (Lipinski definition) is 5. The van der Waals surface area contributed by atoms with Crippen molar-refractivity contribution in [1.82, 2.24) is 0 Å². The average molecular weight is 245 g/mol. The fourth-order valence-electron chi connectivity index (χ4n) is 1.15. The third kappa shape index (κ3) is 2.86. The Morgan fingerprint density at radius 2 is 2.00 bits per heavy atom. The molecule has 1 aromatic carbocycles. The number of nitrogens with one attached hydrogen (secondary N) is 1. The highest BCUT2D eigenvalue weighted by Gasteiger charge is 2.13. The van der Waals surface area contributed by atoms with Gasteiger partial charge in [-0.15, -0.1) is 0 Å². The normalized spacial score (nSPS) is 9.94. The van der Waals surface area contributed by atoms with Crippen LogP contribution in [0.5, 0.6) is 5.75 Å². The summed E-state index contributed by atoms with van der Waals surface area (Å²) in [5.74, 6) is -0.278. The molecule has 0 saturated heterocycles. The fraction of sp³-hybridized carbons (Fsp3) is 0.222. The van der Waals surface area contributed by atoms with Crippen molar-refractivity contribution < 1.29 is 22.7 Å². The SMILES string of the molecule is COC(=O)c1cc(N[SH](=O)=O)ccc1OC. The van der Waals surface area contributed by atoms with Gasteiger partial charge in [-0.3, -0.25) is 4.72 Å². The molecule has 0 aromatic heterocycles. The van der Waals surface area contributed by atoms with E-state index in [0.717, 1.165) is 0 Å². The van der Waals surface area contributed by atoms with Crippen molar-refractivity contribution in [3.05, 3.63) is 23.8 Å². The van der Waals surface area contributed by atoms with Crippen molar-refractivity contribution in [2.75, 3.05) is 18.9 Å². The number of thiol groups is 1. The molecule has 7 heteroatoms. The zero-order chi connectivity index (χ0) is 12.1. The predicted octanol–water partition coefficient (Wildman–Crippen LogP) is 0.420. The molecule has 0 fully saturated rings.